The van der Waals surface area contributed by atoms with E-state index in [1.54, 1.807) is 48.5 Å². The van der Waals surface area contributed by atoms with Crippen LogP contribution < -0.4 is 14.4 Å². The van der Waals surface area contributed by atoms with Gasteiger partial charge in [0.1, 0.15) is 12.4 Å². The van der Waals surface area contributed by atoms with E-state index in [0.717, 1.165) is 24.0 Å². The van der Waals surface area contributed by atoms with Crippen LogP contribution in [-0.4, -0.2) is 33.7 Å². The van der Waals surface area contributed by atoms with Crippen LogP contribution in [0.3, 0.4) is 0 Å². The number of nitrogens with zero attached hydrogens (tertiary/aromatic N) is 1. The predicted octanol–water partition coefficient (Wildman–Crippen LogP) is 4.68. The molecule has 0 heterocycles. The van der Waals surface area contributed by atoms with Gasteiger partial charge in [-0.15, -0.1) is 0 Å². The lowest BCUT2D eigenvalue weighted by molar-refractivity contribution is 0.0947. The third-order valence-electron chi connectivity index (χ3n) is 5.03. The number of hydrogen-bond acceptors (Lipinski definition) is 4. The van der Waals surface area contributed by atoms with Gasteiger partial charge in [-0.2, -0.15) is 0 Å². The second kappa shape index (κ2) is 11.2. The van der Waals surface area contributed by atoms with Crippen molar-refractivity contribution in [3.05, 3.63) is 94.5 Å². The zero-order valence-corrected chi connectivity index (χ0v) is 20.2. The summed E-state index contributed by atoms with van der Waals surface area (Å²) in [7, 11) is -3.52. The lowest BCUT2D eigenvalue weighted by Gasteiger charge is -2.22. The van der Waals surface area contributed by atoms with Gasteiger partial charge in [-0.05, 0) is 60.0 Å². The molecule has 1 N–H and O–H groups in total. The third-order valence-corrected chi connectivity index (χ3v) is 6.40. The highest BCUT2D eigenvalue weighted by atomic mass is 35.5. The minimum absolute atomic E-state index is 0.131. The first kappa shape index (κ1) is 24.6. The Balaban J connectivity index is 1.55. The maximum absolute atomic E-state index is 12.4. The van der Waals surface area contributed by atoms with E-state index in [-0.39, 0.29) is 12.5 Å². The Morgan fingerprint density at radius 3 is 2.27 bits per heavy atom. The van der Waals surface area contributed by atoms with Gasteiger partial charge in [-0.25, -0.2) is 8.42 Å². The molecular formula is C25H27ClN2O4S. The van der Waals surface area contributed by atoms with E-state index in [0.29, 0.717) is 29.4 Å². The Bertz CT molecular complexity index is 1180. The number of ether oxygens (including phenoxy) is 1. The van der Waals surface area contributed by atoms with Gasteiger partial charge in [-0.1, -0.05) is 48.9 Å². The molecule has 33 heavy (non-hydrogen) atoms. The van der Waals surface area contributed by atoms with Crippen LogP contribution in [0, 0.1) is 0 Å². The van der Waals surface area contributed by atoms with E-state index in [1.165, 1.54) is 9.87 Å². The highest BCUT2D eigenvalue weighted by Crippen LogP contribution is 2.24. The molecule has 0 aromatic heterocycles. The van der Waals surface area contributed by atoms with Crippen LogP contribution in [0.5, 0.6) is 5.75 Å². The maximum Gasteiger partial charge on any atom is 0.251 e. The van der Waals surface area contributed by atoms with Gasteiger partial charge in [0.25, 0.3) is 5.91 Å². The lowest BCUT2D eigenvalue weighted by atomic mass is 10.1. The number of hydrogen-bond donors (Lipinski definition) is 1. The molecule has 1 amide bonds. The molecule has 0 atom stereocenters. The fourth-order valence-corrected chi connectivity index (χ4v) is 4.28. The molecule has 0 unspecified atom stereocenters. The summed E-state index contributed by atoms with van der Waals surface area (Å²) in [6.45, 7) is 2.95. The van der Waals surface area contributed by atoms with Crippen molar-refractivity contribution < 1.29 is 17.9 Å². The maximum atomic E-state index is 12.4. The molecule has 0 saturated carbocycles. The number of sulfonamides is 1. The molecule has 0 aliphatic carbocycles. The SMILES string of the molecule is CCc1ccc(OCCNC(=O)c2ccc(CN(c3cccc(Cl)c3)S(C)(=O)=O)cc2)cc1. The van der Waals surface area contributed by atoms with Gasteiger partial charge in [0.05, 0.1) is 25.0 Å². The average Bonchev–Trinajstić information content (AvgIpc) is 2.80. The van der Waals surface area contributed by atoms with Gasteiger partial charge in [0.15, 0.2) is 0 Å². The molecule has 0 fully saturated rings. The minimum Gasteiger partial charge on any atom is -0.492 e. The smallest absolute Gasteiger partial charge is 0.251 e. The first-order valence-corrected chi connectivity index (χ1v) is 12.8. The molecule has 0 saturated heterocycles. The highest BCUT2D eigenvalue weighted by Gasteiger charge is 2.18. The molecular weight excluding hydrogens is 460 g/mol. The van der Waals surface area contributed by atoms with Crippen LogP contribution in [0.2, 0.25) is 5.02 Å². The van der Waals surface area contributed by atoms with Crippen LogP contribution in [-0.2, 0) is 23.0 Å². The Hall–Kier alpha value is -3.03. The van der Waals surface area contributed by atoms with E-state index in [4.69, 9.17) is 16.3 Å². The highest BCUT2D eigenvalue weighted by molar-refractivity contribution is 7.92. The Kier molecular flexibility index (Phi) is 8.36. The lowest BCUT2D eigenvalue weighted by Crippen LogP contribution is -2.29. The van der Waals surface area contributed by atoms with Crippen molar-refractivity contribution in [2.75, 3.05) is 23.7 Å². The third kappa shape index (κ3) is 7.23. The predicted molar refractivity (Wildman–Crippen MR) is 133 cm³/mol. The Morgan fingerprint density at radius 2 is 1.67 bits per heavy atom. The van der Waals surface area contributed by atoms with Gasteiger partial charge < -0.3 is 10.1 Å². The van der Waals surface area contributed by atoms with Gasteiger partial charge >= 0.3 is 0 Å². The Morgan fingerprint density at radius 1 is 1.00 bits per heavy atom. The van der Waals surface area contributed by atoms with E-state index < -0.39 is 10.0 Å². The Labute approximate surface area is 200 Å². The molecule has 0 radical (unpaired) electrons. The molecule has 0 aliphatic heterocycles. The standard InChI is InChI=1S/C25H27ClN2O4S/c1-3-19-9-13-24(14-10-19)32-16-15-27-25(29)21-11-7-20(8-12-21)18-28(33(2,30)31)23-6-4-5-22(26)17-23/h4-14,17H,3,15-16,18H2,1-2H3,(H,27,29). The molecule has 3 aromatic carbocycles. The number of benzene rings is 3. The number of nitrogens with one attached hydrogen (secondary N) is 1. The van der Waals surface area contributed by atoms with E-state index in [2.05, 4.69) is 12.2 Å². The summed E-state index contributed by atoms with van der Waals surface area (Å²) in [5.41, 5.74) is 2.96. The second-order valence-corrected chi connectivity index (χ2v) is 9.89. The van der Waals surface area contributed by atoms with E-state index >= 15 is 0 Å². The summed E-state index contributed by atoms with van der Waals surface area (Å²) in [5.74, 6) is 0.544. The number of rotatable bonds is 10. The second-order valence-electron chi connectivity index (χ2n) is 7.55. The van der Waals surface area contributed by atoms with E-state index in [9.17, 15) is 13.2 Å². The van der Waals surface area contributed by atoms with Crippen molar-refractivity contribution in [1.82, 2.24) is 5.32 Å². The summed E-state index contributed by atoms with van der Waals surface area (Å²) >= 11 is 6.02. The van der Waals surface area contributed by atoms with Gasteiger partial charge in [0.2, 0.25) is 10.0 Å². The minimum atomic E-state index is -3.52. The largest absolute Gasteiger partial charge is 0.492 e. The number of amides is 1. The fourth-order valence-electron chi connectivity index (χ4n) is 3.22. The van der Waals surface area contributed by atoms with Gasteiger partial charge in [-0.3, -0.25) is 9.10 Å². The zero-order chi connectivity index (χ0) is 23.8. The molecule has 0 aliphatic rings. The number of halogens is 1. The molecule has 0 spiro atoms. The summed E-state index contributed by atoms with van der Waals surface area (Å²) in [5, 5.41) is 3.28. The molecule has 8 heteroatoms. The van der Waals surface area contributed by atoms with Crippen LogP contribution in [0.15, 0.2) is 72.8 Å². The summed E-state index contributed by atoms with van der Waals surface area (Å²) in [6, 6.07) is 21.4. The van der Waals surface area contributed by atoms with Crippen LogP contribution >= 0.6 is 11.6 Å². The fraction of sp³-hybridized carbons (Fsp3) is 0.240. The van der Waals surface area contributed by atoms with Crippen LogP contribution in [0.1, 0.15) is 28.4 Å². The average molecular weight is 487 g/mol. The van der Waals surface area contributed by atoms with Crippen molar-refractivity contribution >= 4 is 33.2 Å². The number of carbonyl (C=O) groups excluding carboxylic acids is 1. The topological polar surface area (TPSA) is 75.7 Å². The molecule has 3 aromatic rings. The quantitative estimate of drug-likeness (QED) is 0.422. The molecule has 6 nitrogen and oxygen atoms in total. The van der Waals surface area contributed by atoms with Crippen molar-refractivity contribution in [3.63, 3.8) is 0 Å². The first-order valence-electron chi connectivity index (χ1n) is 10.6. The first-order chi connectivity index (χ1) is 15.8. The summed E-state index contributed by atoms with van der Waals surface area (Å²) in [6.07, 6.45) is 2.12. The monoisotopic (exact) mass is 486 g/mol. The number of carbonyl (C=O) groups is 1. The van der Waals surface area contributed by atoms with Crippen molar-refractivity contribution in [1.29, 1.82) is 0 Å². The van der Waals surface area contributed by atoms with Crippen molar-refractivity contribution in [2.45, 2.75) is 19.9 Å². The van der Waals surface area contributed by atoms with Crippen molar-refractivity contribution in [2.24, 2.45) is 0 Å². The molecule has 3 rings (SSSR count). The number of aryl methyl sites for hydroxylation is 1. The van der Waals surface area contributed by atoms with Gasteiger partial charge in [0, 0.05) is 10.6 Å². The summed E-state index contributed by atoms with van der Waals surface area (Å²) in [4.78, 5) is 12.4. The van der Waals surface area contributed by atoms with Crippen LogP contribution in [0.4, 0.5) is 5.69 Å². The zero-order valence-electron chi connectivity index (χ0n) is 18.6. The summed E-state index contributed by atoms with van der Waals surface area (Å²) < 4.78 is 31.5. The van der Waals surface area contributed by atoms with Crippen molar-refractivity contribution in [3.8, 4) is 5.75 Å². The molecule has 174 valence electrons. The van der Waals surface area contributed by atoms with Crippen LogP contribution in [0.25, 0.3) is 0 Å². The molecule has 0 bridgehead atoms. The number of anilines is 1. The van der Waals surface area contributed by atoms with E-state index in [1.807, 2.05) is 24.3 Å². The normalized spacial score (nSPS) is 11.1.